The van der Waals surface area contributed by atoms with Gasteiger partial charge in [0.25, 0.3) is 0 Å². The highest BCUT2D eigenvalue weighted by molar-refractivity contribution is 5.89. The van der Waals surface area contributed by atoms with Crippen molar-refractivity contribution in [1.82, 2.24) is 9.88 Å². The molecule has 0 saturated carbocycles. The standard InChI is InChI=1S/C17H24N2/c1-11-8-12(2)16-14-7-5-6-13(10-18-3)17(14)19(4)15(16)9-11/h8-9,13,18H,5-7,10H2,1-4H3. The van der Waals surface area contributed by atoms with Crippen LogP contribution in [-0.4, -0.2) is 18.2 Å². The number of aromatic nitrogens is 1. The first-order valence-electron chi connectivity index (χ1n) is 7.36. The summed E-state index contributed by atoms with van der Waals surface area (Å²) in [5.41, 5.74) is 7.42. The summed E-state index contributed by atoms with van der Waals surface area (Å²) in [6, 6.07) is 4.67. The van der Waals surface area contributed by atoms with Crippen molar-refractivity contribution in [3.05, 3.63) is 34.5 Å². The highest BCUT2D eigenvalue weighted by Gasteiger charge is 2.26. The van der Waals surface area contributed by atoms with Gasteiger partial charge in [-0.2, -0.15) is 0 Å². The predicted molar refractivity (Wildman–Crippen MR) is 82.0 cm³/mol. The molecule has 1 aliphatic rings. The third-order valence-corrected chi connectivity index (χ3v) is 4.61. The van der Waals surface area contributed by atoms with Crippen molar-refractivity contribution >= 4 is 10.9 Å². The molecule has 19 heavy (non-hydrogen) atoms. The summed E-state index contributed by atoms with van der Waals surface area (Å²) < 4.78 is 2.45. The van der Waals surface area contributed by atoms with Crippen molar-refractivity contribution in [2.24, 2.45) is 7.05 Å². The van der Waals surface area contributed by atoms with Crippen LogP contribution in [0.2, 0.25) is 0 Å². The Morgan fingerprint density at radius 3 is 2.84 bits per heavy atom. The molecule has 1 aromatic carbocycles. The van der Waals surface area contributed by atoms with Gasteiger partial charge in [0.2, 0.25) is 0 Å². The van der Waals surface area contributed by atoms with E-state index in [1.165, 1.54) is 41.3 Å². The Hall–Kier alpha value is -1.28. The quantitative estimate of drug-likeness (QED) is 0.871. The van der Waals surface area contributed by atoms with Gasteiger partial charge >= 0.3 is 0 Å². The highest BCUT2D eigenvalue weighted by atomic mass is 15.0. The molecular formula is C17H24N2. The van der Waals surface area contributed by atoms with Gasteiger partial charge in [0.1, 0.15) is 0 Å². The minimum atomic E-state index is 0.672. The second-order valence-electron chi connectivity index (χ2n) is 6.05. The van der Waals surface area contributed by atoms with E-state index in [4.69, 9.17) is 0 Å². The second kappa shape index (κ2) is 4.68. The minimum Gasteiger partial charge on any atom is -0.347 e. The topological polar surface area (TPSA) is 17.0 Å². The summed E-state index contributed by atoms with van der Waals surface area (Å²) in [6.45, 7) is 5.55. The van der Waals surface area contributed by atoms with Crippen molar-refractivity contribution in [1.29, 1.82) is 0 Å². The SMILES string of the molecule is CNCC1CCCc2c1n(C)c1cc(C)cc(C)c21. The van der Waals surface area contributed by atoms with Gasteiger partial charge in [0, 0.05) is 36.1 Å². The number of nitrogens with zero attached hydrogens (tertiary/aromatic N) is 1. The third-order valence-electron chi connectivity index (χ3n) is 4.61. The van der Waals surface area contributed by atoms with Crippen LogP contribution in [0.3, 0.4) is 0 Å². The number of hydrogen-bond donors (Lipinski definition) is 1. The molecule has 1 atom stereocenters. The fourth-order valence-electron chi connectivity index (χ4n) is 3.94. The van der Waals surface area contributed by atoms with Gasteiger partial charge in [-0.05, 0) is 62.9 Å². The Morgan fingerprint density at radius 1 is 1.32 bits per heavy atom. The van der Waals surface area contributed by atoms with Gasteiger partial charge in [0.15, 0.2) is 0 Å². The van der Waals surface area contributed by atoms with E-state index in [-0.39, 0.29) is 0 Å². The molecule has 2 nitrogen and oxygen atoms in total. The van der Waals surface area contributed by atoms with Crippen LogP contribution in [0.1, 0.15) is 41.1 Å². The molecule has 0 saturated heterocycles. The first-order valence-corrected chi connectivity index (χ1v) is 7.36. The lowest BCUT2D eigenvalue weighted by Crippen LogP contribution is -2.22. The van der Waals surface area contributed by atoms with Crippen LogP contribution in [0, 0.1) is 13.8 Å². The normalized spacial score (nSPS) is 18.8. The molecule has 3 rings (SSSR count). The summed E-state index contributed by atoms with van der Waals surface area (Å²) in [5.74, 6) is 0.672. The molecule has 0 aliphatic heterocycles. The van der Waals surface area contributed by atoms with Gasteiger partial charge in [-0.25, -0.2) is 0 Å². The molecule has 102 valence electrons. The van der Waals surface area contributed by atoms with Gasteiger partial charge in [-0.15, -0.1) is 0 Å². The number of nitrogens with one attached hydrogen (secondary N) is 1. The molecule has 0 fully saturated rings. The maximum absolute atomic E-state index is 3.36. The lowest BCUT2D eigenvalue weighted by atomic mass is 9.86. The number of likely N-dealkylation sites (N-methyl/N-ethyl adjacent to an activating group) is 1. The van der Waals surface area contributed by atoms with Crippen LogP contribution >= 0.6 is 0 Å². The van der Waals surface area contributed by atoms with Crippen LogP contribution < -0.4 is 5.32 Å². The van der Waals surface area contributed by atoms with E-state index in [2.05, 4.69) is 50.0 Å². The van der Waals surface area contributed by atoms with E-state index in [0.29, 0.717) is 5.92 Å². The highest BCUT2D eigenvalue weighted by Crippen LogP contribution is 2.39. The van der Waals surface area contributed by atoms with Crippen LogP contribution in [-0.2, 0) is 13.5 Å². The van der Waals surface area contributed by atoms with Crippen LogP contribution in [0.4, 0.5) is 0 Å². The number of hydrogen-bond acceptors (Lipinski definition) is 1. The van der Waals surface area contributed by atoms with E-state index in [1.54, 1.807) is 11.3 Å². The van der Waals surface area contributed by atoms with Gasteiger partial charge in [-0.1, -0.05) is 6.07 Å². The molecule has 2 aromatic rings. The van der Waals surface area contributed by atoms with E-state index in [1.807, 2.05) is 0 Å². The van der Waals surface area contributed by atoms with Crippen LogP contribution in [0.15, 0.2) is 12.1 Å². The Labute approximate surface area is 115 Å². The second-order valence-corrected chi connectivity index (χ2v) is 6.05. The van der Waals surface area contributed by atoms with Gasteiger partial charge in [0.05, 0.1) is 0 Å². The molecular weight excluding hydrogens is 232 g/mol. The molecule has 0 amide bonds. The third kappa shape index (κ3) is 1.90. The number of aryl methyl sites for hydroxylation is 4. The first-order chi connectivity index (χ1) is 9.13. The van der Waals surface area contributed by atoms with Gasteiger partial charge in [-0.3, -0.25) is 0 Å². The molecule has 1 N–H and O–H groups in total. The largest absolute Gasteiger partial charge is 0.347 e. The average molecular weight is 256 g/mol. The Morgan fingerprint density at radius 2 is 2.11 bits per heavy atom. The van der Waals surface area contributed by atoms with E-state index in [9.17, 15) is 0 Å². The summed E-state index contributed by atoms with van der Waals surface area (Å²) in [4.78, 5) is 0. The fraction of sp³-hybridized carbons (Fsp3) is 0.529. The van der Waals surface area contributed by atoms with E-state index >= 15 is 0 Å². The lowest BCUT2D eigenvalue weighted by molar-refractivity contribution is 0.506. The van der Waals surface area contributed by atoms with E-state index < -0.39 is 0 Å². The maximum Gasteiger partial charge on any atom is 0.0488 e. The first kappa shape index (κ1) is 12.7. The summed E-state index contributed by atoms with van der Waals surface area (Å²) >= 11 is 0. The Bertz CT molecular complexity index is 622. The lowest BCUT2D eigenvalue weighted by Gasteiger charge is -2.24. The number of fused-ring (bicyclic) bond motifs is 3. The van der Waals surface area contributed by atoms with Crippen LogP contribution in [0.5, 0.6) is 0 Å². The monoisotopic (exact) mass is 256 g/mol. The summed E-state index contributed by atoms with van der Waals surface area (Å²) in [7, 11) is 4.31. The smallest absolute Gasteiger partial charge is 0.0488 e. The Kier molecular flexibility index (Phi) is 3.14. The fourth-order valence-corrected chi connectivity index (χ4v) is 3.94. The molecule has 2 heteroatoms. The minimum absolute atomic E-state index is 0.672. The molecule has 1 aliphatic carbocycles. The van der Waals surface area contributed by atoms with Crippen molar-refractivity contribution in [2.75, 3.05) is 13.6 Å². The molecule has 1 unspecified atom stereocenters. The van der Waals surface area contributed by atoms with Crippen molar-refractivity contribution in [2.45, 2.75) is 39.0 Å². The van der Waals surface area contributed by atoms with Crippen LogP contribution in [0.25, 0.3) is 10.9 Å². The van der Waals surface area contributed by atoms with Gasteiger partial charge < -0.3 is 9.88 Å². The van der Waals surface area contributed by atoms with Crippen molar-refractivity contribution in [3.63, 3.8) is 0 Å². The van der Waals surface area contributed by atoms with Crippen molar-refractivity contribution in [3.8, 4) is 0 Å². The zero-order valence-corrected chi connectivity index (χ0v) is 12.5. The molecule has 0 bridgehead atoms. The maximum atomic E-state index is 3.36. The molecule has 0 spiro atoms. The van der Waals surface area contributed by atoms with Crippen molar-refractivity contribution < 1.29 is 0 Å². The zero-order valence-electron chi connectivity index (χ0n) is 12.5. The summed E-state index contributed by atoms with van der Waals surface area (Å²) in [6.07, 6.45) is 3.89. The Balaban J connectivity index is 2.29. The molecule has 0 radical (unpaired) electrons. The molecule has 1 aromatic heterocycles. The number of benzene rings is 1. The average Bonchev–Trinajstić information content (AvgIpc) is 2.65. The zero-order chi connectivity index (χ0) is 13.6. The summed E-state index contributed by atoms with van der Waals surface area (Å²) in [5, 5.41) is 4.88. The number of rotatable bonds is 2. The molecule has 1 heterocycles. The van der Waals surface area contributed by atoms with E-state index in [0.717, 1.165) is 6.54 Å². The predicted octanol–water partition coefficient (Wildman–Crippen LogP) is 3.43.